The molecule has 0 aromatic heterocycles. The fourth-order valence-electron chi connectivity index (χ4n) is 1.69. The van der Waals surface area contributed by atoms with E-state index in [9.17, 15) is 5.11 Å². The molecule has 0 fully saturated rings. The zero-order chi connectivity index (χ0) is 12.3. The molecule has 0 saturated carbocycles. The van der Waals surface area contributed by atoms with Crippen LogP contribution in [-0.4, -0.2) is 18.3 Å². The molecule has 2 atom stereocenters. The van der Waals surface area contributed by atoms with Gasteiger partial charge in [-0.25, -0.2) is 0 Å². The van der Waals surface area contributed by atoms with Crippen LogP contribution in [0.15, 0.2) is 18.2 Å². The summed E-state index contributed by atoms with van der Waals surface area (Å²) in [5.41, 5.74) is 7.97. The molecule has 2 unspecified atom stereocenters. The van der Waals surface area contributed by atoms with Crippen LogP contribution in [0.3, 0.4) is 0 Å². The van der Waals surface area contributed by atoms with Crippen molar-refractivity contribution in [3.05, 3.63) is 29.3 Å². The lowest BCUT2D eigenvalue weighted by atomic mass is 9.95. The highest BCUT2D eigenvalue weighted by Crippen LogP contribution is 2.29. The zero-order valence-corrected chi connectivity index (χ0v) is 10.4. The monoisotopic (exact) mass is 223 g/mol. The number of hydrogen-bond acceptors (Lipinski definition) is 3. The molecule has 1 aromatic rings. The van der Waals surface area contributed by atoms with Gasteiger partial charge in [0, 0.05) is 0 Å². The smallest absolute Gasteiger partial charge is 0.122 e. The van der Waals surface area contributed by atoms with Crippen molar-refractivity contribution in [3.63, 3.8) is 0 Å². The van der Waals surface area contributed by atoms with Crippen LogP contribution in [-0.2, 0) is 0 Å². The fraction of sp³-hybridized carbons (Fsp3) is 0.538. The first-order valence-electron chi connectivity index (χ1n) is 5.58. The average molecular weight is 223 g/mol. The number of ether oxygens (including phenoxy) is 1. The molecule has 0 amide bonds. The van der Waals surface area contributed by atoms with Gasteiger partial charge in [-0.15, -0.1) is 0 Å². The lowest BCUT2D eigenvalue weighted by Gasteiger charge is -2.19. The summed E-state index contributed by atoms with van der Waals surface area (Å²) in [5.74, 6) is 1.24. The predicted molar refractivity (Wildman–Crippen MR) is 65.7 cm³/mol. The fourth-order valence-corrected chi connectivity index (χ4v) is 1.69. The molecule has 1 rings (SSSR count). The van der Waals surface area contributed by atoms with Gasteiger partial charge in [-0.2, -0.15) is 0 Å². The maximum atomic E-state index is 9.47. The van der Waals surface area contributed by atoms with Gasteiger partial charge in [0.25, 0.3) is 0 Å². The quantitative estimate of drug-likeness (QED) is 0.822. The van der Waals surface area contributed by atoms with Crippen LogP contribution >= 0.6 is 0 Å². The molecule has 3 heteroatoms. The van der Waals surface area contributed by atoms with E-state index in [0.717, 1.165) is 16.9 Å². The van der Waals surface area contributed by atoms with Crippen LogP contribution in [0.2, 0.25) is 0 Å². The van der Waals surface area contributed by atoms with Gasteiger partial charge in [0.15, 0.2) is 0 Å². The Bertz CT molecular complexity index is 348. The van der Waals surface area contributed by atoms with Crippen LogP contribution in [0.25, 0.3) is 0 Å². The van der Waals surface area contributed by atoms with Crippen molar-refractivity contribution in [2.45, 2.75) is 38.8 Å². The maximum absolute atomic E-state index is 9.47. The Morgan fingerprint density at radius 1 is 1.25 bits per heavy atom. The van der Waals surface area contributed by atoms with Crippen molar-refractivity contribution in [1.82, 2.24) is 0 Å². The molecule has 0 aliphatic heterocycles. The molecular weight excluding hydrogens is 202 g/mol. The second-order valence-electron chi connectivity index (χ2n) is 4.42. The second kappa shape index (κ2) is 5.32. The molecule has 0 heterocycles. The van der Waals surface area contributed by atoms with Crippen LogP contribution in [0, 0.1) is 0 Å². The topological polar surface area (TPSA) is 55.5 Å². The molecule has 90 valence electrons. The largest absolute Gasteiger partial charge is 0.496 e. The van der Waals surface area contributed by atoms with Crippen molar-refractivity contribution in [1.29, 1.82) is 0 Å². The van der Waals surface area contributed by atoms with E-state index in [4.69, 9.17) is 10.5 Å². The highest BCUT2D eigenvalue weighted by Gasteiger charge is 2.15. The van der Waals surface area contributed by atoms with Gasteiger partial charge in [0.2, 0.25) is 0 Å². The Morgan fingerprint density at radius 2 is 1.88 bits per heavy atom. The molecule has 3 N–H and O–H groups in total. The number of methoxy groups -OCH3 is 1. The van der Waals surface area contributed by atoms with Gasteiger partial charge < -0.3 is 15.6 Å². The molecule has 0 aliphatic carbocycles. The number of hydrogen-bond donors (Lipinski definition) is 2. The third kappa shape index (κ3) is 2.74. The normalized spacial score (nSPS) is 14.9. The molecule has 0 radical (unpaired) electrons. The lowest BCUT2D eigenvalue weighted by molar-refractivity contribution is 0.164. The second-order valence-corrected chi connectivity index (χ2v) is 4.42. The standard InChI is InChI=1S/C13H21NO2/c1-8(2)11-7-10(13(14)9(3)15)5-6-12(11)16-4/h5-9,13,15H,14H2,1-4H3. The van der Waals surface area contributed by atoms with E-state index in [2.05, 4.69) is 13.8 Å². The van der Waals surface area contributed by atoms with Crippen molar-refractivity contribution < 1.29 is 9.84 Å². The highest BCUT2D eigenvalue weighted by molar-refractivity contribution is 5.40. The summed E-state index contributed by atoms with van der Waals surface area (Å²) in [6.45, 7) is 5.91. The molecule has 0 bridgehead atoms. The van der Waals surface area contributed by atoms with Gasteiger partial charge in [-0.05, 0) is 30.0 Å². The van der Waals surface area contributed by atoms with Crippen LogP contribution in [0.1, 0.15) is 43.9 Å². The van der Waals surface area contributed by atoms with Gasteiger partial charge >= 0.3 is 0 Å². The zero-order valence-electron chi connectivity index (χ0n) is 10.4. The molecular formula is C13H21NO2. The molecule has 0 saturated heterocycles. The average Bonchev–Trinajstić information content (AvgIpc) is 2.26. The van der Waals surface area contributed by atoms with E-state index in [0.29, 0.717) is 5.92 Å². The van der Waals surface area contributed by atoms with E-state index >= 15 is 0 Å². The number of benzene rings is 1. The van der Waals surface area contributed by atoms with Crippen molar-refractivity contribution in [2.24, 2.45) is 5.73 Å². The van der Waals surface area contributed by atoms with E-state index in [1.54, 1.807) is 14.0 Å². The minimum atomic E-state index is -0.548. The third-order valence-corrected chi connectivity index (χ3v) is 2.78. The van der Waals surface area contributed by atoms with Crippen molar-refractivity contribution in [2.75, 3.05) is 7.11 Å². The third-order valence-electron chi connectivity index (χ3n) is 2.78. The number of aliphatic hydroxyl groups is 1. The Morgan fingerprint density at radius 3 is 2.31 bits per heavy atom. The minimum absolute atomic E-state index is 0.344. The van der Waals surface area contributed by atoms with Crippen LogP contribution in [0.4, 0.5) is 0 Å². The van der Waals surface area contributed by atoms with Gasteiger partial charge in [0.1, 0.15) is 5.75 Å². The Balaban J connectivity index is 3.11. The summed E-state index contributed by atoms with van der Waals surface area (Å²) >= 11 is 0. The summed E-state index contributed by atoms with van der Waals surface area (Å²) in [6.07, 6.45) is -0.548. The van der Waals surface area contributed by atoms with Gasteiger partial charge in [0.05, 0.1) is 19.3 Å². The maximum Gasteiger partial charge on any atom is 0.122 e. The summed E-state index contributed by atoms with van der Waals surface area (Å²) in [6, 6.07) is 5.49. The summed E-state index contributed by atoms with van der Waals surface area (Å²) in [7, 11) is 1.66. The predicted octanol–water partition coefficient (Wildman–Crippen LogP) is 2.20. The summed E-state index contributed by atoms with van der Waals surface area (Å²) in [4.78, 5) is 0. The highest BCUT2D eigenvalue weighted by atomic mass is 16.5. The van der Waals surface area contributed by atoms with Crippen LogP contribution in [0.5, 0.6) is 5.75 Å². The van der Waals surface area contributed by atoms with Gasteiger partial charge in [-0.3, -0.25) is 0 Å². The first kappa shape index (κ1) is 13.0. The Kier molecular flexibility index (Phi) is 4.33. The van der Waals surface area contributed by atoms with Gasteiger partial charge in [-0.1, -0.05) is 26.0 Å². The lowest BCUT2D eigenvalue weighted by Crippen LogP contribution is -2.23. The Labute approximate surface area is 97.2 Å². The number of rotatable bonds is 4. The minimum Gasteiger partial charge on any atom is -0.496 e. The van der Waals surface area contributed by atoms with E-state index in [-0.39, 0.29) is 6.04 Å². The molecule has 0 aliphatic rings. The molecule has 0 spiro atoms. The molecule has 16 heavy (non-hydrogen) atoms. The number of nitrogens with two attached hydrogens (primary N) is 1. The molecule has 3 nitrogen and oxygen atoms in total. The van der Waals surface area contributed by atoms with Crippen LogP contribution < -0.4 is 10.5 Å². The Hall–Kier alpha value is -1.06. The van der Waals surface area contributed by atoms with E-state index in [1.165, 1.54) is 0 Å². The molecule has 1 aromatic carbocycles. The first-order chi connectivity index (χ1) is 7.47. The summed E-state index contributed by atoms with van der Waals surface area (Å²) in [5, 5.41) is 9.47. The SMILES string of the molecule is COc1ccc(C(N)C(C)O)cc1C(C)C. The van der Waals surface area contributed by atoms with E-state index in [1.807, 2.05) is 18.2 Å². The number of aliphatic hydroxyl groups excluding tert-OH is 1. The first-order valence-corrected chi connectivity index (χ1v) is 5.58. The van der Waals surface area contributed by atoms with E-state index < -0.39 is 6.10 Å². The summed E-state index contributed by atoms with van der Waals surface area (Å²) < 4.78 is 5.30. The van der Waals surface area contributed by atoms with Crippen molar-refractivity contribution in [3.8, 4) is 5.75 Å². The van der Waals surface area contributed by atoms with Crippen molar-refractivity contribution >= 4 is 0 Å².